The first-order chi connectivity index (χ1) is 14.2. The molecule has 30 heavy (non-hydrogen) atoms. The number of aromatic nitrogens is 2. The average molecular weight is 526 g/mol. The largest absolute Gasteiger partial charge is 0.379 e. The summed E-state index contributed by atoms with van der Waals surface area (Å²) in [6, 6.07) is 10.6. The number of nitrogens with one attached hydrogen (secondary N) is 2. The van der Waals surface area contributed by atoms with E-state index in [0.29, 0.717) is 18.5 Å². The lowest BCUT2D eigenvalue weighted by Crippen LogP contribution is -2.52. The van der Waals surface area contributed by atoms with E-state index in [1.54, 1.807) is 0 Å². The molecule has 1 unspecified atom stereocenters. The minimum atomic E-state index is 0. The number of ether oxygens (including phenoxy) is 1. The van der Waals surface area contributed by atoms with Crippen LogP contribution in [0.1, 0.15) is 26.3 Å². The quantitative estimate of drug-likeness (QED) is 0.315. The van der Waals surface area contributed by atoms with Gasteiger partial charge >= 0.3 is 0 Å². The molecule has 1 fully saturated rings. The van der Waals surface area contributed by atoms with Gasteiger partial charge in [-0.25, -0.2) is 9.67 Å². The van der Waals surface area contributed by atoms with Gasteiger partial charge < -0.3 is 15.4 Å². The molecule has 1 saturated heterocycles. The van der Waals surface area contributed by atoms with E-state index in [4.69, 9.17) is 9.73 Å². The number of guanidine groups is 1. The maximum atomic E-state index is 5.51. The van der Waals surface area contributed by atoms with E-state index in [2.05, 4.69) is 41.4 Å². The number of benzene rings is 1. The van der Waals surface area contributed by atoms with Crippen molar-refractivity contribution in [3.63, 3.8) is 0 Å². The van der Waals surface area contributed by atoms with Gasteiger partial charge in [0.25, 0.3) is 0 Å². The summed E-state index contributed by atoms with van der Waals surface area (Å²) in [5.41, 5.74) is 2.14. The van der Waals surface area contributed by atoms with Crippen LogP contribution in [0, 0.1) is 5.92 Å². The zero-order valence-corrected chi connectivity index (χ0v) is 20.6. The van der Waals surface area contributed by atoms with Gasteiger partial charge in [0.15, 0.2) is 5.96 Å². The molecule has 1 aliphatic heterocycles. The Morgan fingerprint density at radius 1 is 1.17 bits per heavy atom. The Morgan fingerprint density at radius 3 is 2.57 bits per heavy atom. The van der Waals surface area contributed by atoms with E-state index < -0.39 is 0 Å². The second kappa shape index (κ2) is 12.9. The Balaban J connectivity index is 0.00000320. The van der Waals surface area contributed by atoms with Crippen LogP contribution in [0.2, 0.25) is 0 Å². The van der Waals surface area contributed by atoms with Crippen molar-refractivity contribution < 1.29 is 4.74 Å². The number of rotatable bonds is 8. The zero-order valence-electron chi connectivity index (χ0n) is 18.3. The summed E-state index contributed by atoms with van der Waals surface area (Å²) >= 11 is 0. The van der Waals surface area contributed by atoms with Crippen LogP contribution in [0.4, 0.5) is 0 Å². The van der Waals surface area contributed by atoms with Crippen LogP contribution in [0.15, 0.2) is 47.7 Å². The van der Waals surface area contributed by atoms with Crippen LogP contribution in [-0.2, 0) is 11.3 Å². The second-order valence-corrected chi connectivity index (χ2v) is 7.66. The predicted octanol–water partition coefficient (Wildman–Crippen LogP) is 2.90. The van der Waals surface area contributed by atoms with Gasteiger partial charge in [0, 0.05) is 44.0 Å². The lowest BCUT2D eigenvalue weighted by Gasteiger charge is -2.37. The molecule has 2 aromatic rings. The molecule has 0 spiro atoms. The van der Waals surface area contributed by atoms with Gasteiger partial charge in [-0.15, -0.1) is 24.0 Å². The topological polar surface area (TPSA) is 66.7 Å². The molecule has 2 heterocycles. The maximum Gasteiger partial charge on any atom is 0.191 e. The highest BCUT2D eigenvalue weighted by atomic mass is 127. The Labute approximate surface area is 197 Å². The first-order valence-electron chi connectivity index (χ1n) is 10.6. The van der Waals surface area contributed by atoms with Crippen LogP contribution < -0.4 is 10.6 Å². The SMILES string of the molecule is CCNC(=NCc1cnn(-c2ccccc2)c1)NCC(C(C)C)N1CCOCC1.I. The summed E-state index contributed by atoms with van der Waals surface area (Å²) in [6.07, 6.45) is 3.91. The lowest BCUT2D eigenvalue weighted by molar-refractivity contribution is 0.00752. The molecule has 0 radical (unpaired) electrons. The molecule has 7 nitrogen and oxygen atoms in total. The Hall–Kier alpha value is -1.65. The first-order valence-corrected chi connectivity index (χ1v) is 10.6. The lowest BCUT2D eigenvalue weighted by atomic mass is 10.0. The number of hydrogen-bond donors (Lipinski definition) is 2. The zero-order chi connectivity index (χ0) is 20.5. The third-order valence-electron chi connectivity index (χ3n) is 5.18. The minimum absolute atomic E-state index is 0. The number of para-hydroxylation sites is 1. The third kappa shape index (κ3) is 7.24. The fourth-order valence-electron chi connectivity index (χ4n) is 3.57. The Morgan fingerprint density at radius 2 is 1.90 bits per heavy atom. The van der Waals surface area contributed by atoms with E-state index in [1.807, 2.05) is 47.4 Å². The highest BCUT2D eigenvalue weighted by Gasteiger charge is 2.23. The highest BCUT2D eigenvalue weighted by Crippen LogP contribution is 2.12. The van der Waals surface area contributed by atoms with Crippen molar-refractivity contribution in [1.29, 1.82) is 0 Å². The summed E-state index contributed by atoms with van der Waals surface area (Å²) in [5, 5.41) is 11.4. The van der Waals surface area contributed by atoms with Crippen LogP contribution >= 0.6 is 24.0 Å². The van der Waals surface area contributed by atoms with E-state index in [9.17, 15) is 0 Å². The smallest absolute Gasteiger partial charge is 0.191 e. The van der Waals surface area contributed by atoms with Crippen molar-refractivity contribution >= 4 is 29.9 Å². The van der Waals surface area contributed by atoms with Gasteiger partial charge in [0.1, 0.15) is 0 Å². The highest BCUT2D eigenvalue weighted by molar-refractivity contribution is 14.0. The van der Waals surface area contributed by atoms with Crippen molar-refractivity contribution in [2.75, 3.05) is 39.4 Å². The van der Waals surface area contributed by atoms with Crippen molar-refractivity contribution in [3.05, 3.63) is 48.3 Å². The number of halogens is 1. The summed E-state index contributed by atoms with van der Waals surface area (Å²) in [7, 11) is 0. The fraction of sp³-hybridized carbons (Fsp3) is 0.545. The molecule has 1 atom stereocenters. The molecule has 1 aromatic heterocycles. The molecular formula is C22H35IN6O. The summed E-state index contributed by atoms with van der Waals surface area (Å²) in [5.74, 6) is 1.41. The van der Waals surface area contributed by atoms with Gasteiger partial charge in [0.05, 0.1) is 31.6 Å². The Kier molecular flexibility index (Phi) is 10.6. The molecule has 166 valence electrons. The molecule has 2 N–H and O–H groups in total. The molecule has 0 saturated carbocycles. The van der Waals surface area contributed by atoms with Crippen LogP contribution in [0.5, 0.6) is 0 Å². The van der Waals surface area contributed by atoms with E-state index in [-0.39, 0.29) is 24.0 Å². The molecule has 0 aliphatic carbocycles. The molecular weight excluding hydrogens is 491 g/mol. The molecule has 0 amide bonds. The van der Waals surface area contributed by atoms with E-state index in [1.165, 1.54) is 0 Å². The minimum Gasteiger partial charge on any atom is -0.379 e. The number of nitrogens with zero attached hydrogens (tertiary/aromatic N) is 4. The van der Waals surface area contributed by atoms with Crippen LogP contribution in [0.25, 0.3) is 5.69 Å². The van der Waals surface area contributed by atoms with Crippen molar-refractivity contribution in [1.82, 2.24) is 25.3 Å². The molecule has 0 bridgehead atoms. The number of aliphatic imine (C=N–C) groups is 1. The Bertz CT molecular complexity index is 758. The summed E-state index contributed by atoms with van der Waals surface area (Å²) in [6.45, 7) is 12.6. The van der Waals surface area contributed by atoms with Gasteiger partial charge in [-0.2, -0.15) is 5.10 Å². The van der Waals surface area contributed by atoms with Gasteiger partial charge in [0.2, 0.25) is 0 Å². The number of hydrogen-bond acceptors (Lipinski definition) is 4. The second-order valence-electron chi connectivity index (χ2n) is 7.66. The van der Waals surface area contributed by atoms with Crippen molar-refractivity contribution in [2.45, 2.75) is 33.4 Å². The van der Waals surface area contributed by atoms with Gasteiger partial charge in [-0.3, -0.25) is 4.90 Å². The molecule has 1 aromatic carbocycles. The van der Waals surface area contributed by atoms with Gasteiger partial charge in [-0.05, 0) is 25.0 Å². The predicted molar refractivity (Wildman–Crippen MR) is 133 cm³/mol. The fourth-order valence-corrected chi connectivity index (χ4v) is 3.57. The molecule has 1 aliphatic rings. The van der Waals surface area contributed by atoms with E-state index >= 15 is 0 Å². The first kappa shape index (κ1) is 24.6. The van der Waals surface area contributed by atoms with Gasteiger partial charge in [-0.1, -0.05) is 32.0 Å². The van der Waals surface area contributed by atoms with Crippen molar-refractivity contribution in [3.8, 4) is 5.69 Å². The van der Waals surface area contributed by atoms with E-state index in [0.717, 1.165) is 56.6 Å². The van der Waals surface area contributed by atoms with Crippen LogP contribution in [-0.4, -0.2) is 66.1 Å². The van der Waals surface area contributed by atoms with Crippen molar-refractivity contribution in [2.24, 2.45) is 10.9 Å². The summed E-state index contributed by atoms with van der Waals surface area (Å²) in [4.78, 5) is 7.29. The summed E-state index contributed by atoms with van der Waals surface area (Å²) < 4.78 is 7.40. The van der Waals surface area contributed by atoms with Crippen LogP contribution in [0.3, 0.4) is 0 Å². The molecule has 8 heteroatoms. The average Bonchev–Trinajstić information content (AvgIpc) is 3.22. The maximum absolute atomic E-state index is 5.51. The number of morpholine rings is 1. The third-order valence-corrected chi connectivity index (χ3v) is 5.18. The monoisotopic (exact) mass is 526 g/mol. The normalized spacial score (nSPS) is 16.2. The molecule has 3 rings (SSSR count). The standard InChI is InChI=1S/C22H34N6O.HI/c1-4-23-22(25-16-21(18(2)3)27-10-12-29-13-11-27)24-14-19-15-26-28(17-19)20-8-6-5-7-9-20;/h5-9,15,17-18,21H,4,10-14,16H2,1-3H3,(H2,23,24,25);1H.